The molecule has 100 valence electrons. The molecular weight excluding hydrogens is 264 g/mol. The van der Waals surface area contributed by atoms with Crippen molar-refractivity contribution in [3.8, 4) is 0 Å². The van der Waals surface area contributed by atoms with E-state index in [4.69, 9.17) is 0 Å². The number of carbonyl (C=O) groups excluding carboxylic acids is 1. The second kappa shape index (κ2) is 5.68. The van der Waals surface area contributed by atoms with Crippen LogP contribution < -0.4 is 0 Å². The van der Waals surface area contributed by atoms with Crippen LogP contribution in [0.2, 0.25) is 0 Å². The first-order valence-electron chi connectivity index (χ1n) is 6.72. The van der Waals surface area contributed by atoms with E-state index in [-0.39, 0.29) is 16.7 Å². The van der Waals surface area contributed by atoms with Crippen LogP contribution in [0.3, 0.4) is 0 Å². The number of hydrogen-bond acceptors (Lipinski definition) is 1. The van der Waals surface area contributed by atoms with Crippen molar-refractivity contribution < 1.29 is 4.79 Å². The van der Waals surface area contributed by atoms with E-state index in [1.54, 1.807) is 0 Å². The maximum absolute atomic E-state index is 12.3. The summed E-state index contributed by atoms with van der Waals surface area (Å²) in [6.07, 6.45) is 6.61. The Labute approximate surface area is 122 Å². The highest BCUT2D eigenvalue weighted by atomic mass is 32.2. The quantitative estimate of drug-likeness (QED) is 0.614. The smallest absolute Gasteiger partial charge is 0.211 e. The topological polar surface area (TPSA) is 17.1 Å². The number of Topliss-reactive ketones (excluding diaryl/α,β-unsaturated/α-hetero) is 1. The zero-order chi connectivity index (χ0) is 13.9. The van der Waals surface area contributed by atoms with Gasteiger partial charge in [-0.15, -0.1) is 0 Å². The van der Waals surface area contributed by atoms with Gasteiger partial charge in [0, 0.05) is 22.0 Å². The van der Waals surface area contributed by atoms with E-state index in [0.29, 0.717) is 11.0 Å². The van der Waals surface area contributed by atoms with E-state index in [1.165, 1.54) is 11.1 Å². The van der Waals surface area contributed by atoms with Crippen molar-refractivity contribution in [3.05, 3.63) is 77.4 Å². The number of carbonyl (C=O) groups is 1. The second-order valence-corrected chi connectivity index (χ2v) is 7.21. The molecule has 0 spiro atoms. The number of rotatable bonds is 4. The second-order valence-electron chi connectivity index (χ2n) is 5.03. The Morgan fingerprint density at radius 2 is 1.75 bits per heavy atom. The van der Waals surface area contributed by atoms with Gasteiger partial charge in [0.05, 0.1) is 6.26 Å². The van der Waals surface area contributed by atoms with Gasteiger partial charge in [0.15, 0.2) is 11.0 Å². The standard InChI is InChI=1S/C18H17OS/c1-20(13-17(19)15-8-3-2-4-9-15)18-12-11-14-7-5-6-10-16(14)18/h2-12,18H,13H2,1H3/q+1. The number of benzene rings is 2. The van der Waals surface area contributed by atoms with Crippen LogP contribution in [0.5, 0.6) is 0 Å². The molecule has 0 fully saturated rings. The lowest BCUT2D eigenvalue weighted by Gasteiger charge is -2.11. The summed E-state index contributed by atoms with van der Waals surface area (Å²) in [6.45, 7) is 0. The number of ketones is 1. The first kappa shape index (κ1) is 13.2. The summed E-state index contributed by atoms with van der Waals surface area (Å²) in [7, 11) is 0.0263. The van der Waals surface area contributed by atoms with Crippen LogP contribution >= 0.6 is 0 Å². The van der Waals surface area contributed by atoms with E-state index >= 15 is 0 Å². The lowest BCUT2D eigenvalue weighted by atomic mass is 10.1. The summed E-state index contributed by atoms with van der Waals surface area (Å²) in [5.74, 6) is 0.863. The maximum Gasteiger partial charge on any atom is 0.211 e. The average molecular weight is 281 g/mol. The molecule has 0 bridgehead atoms. The van der Waals surface area contributed by atoms with Crippen LogP contribution in [0.1, 0.15) is 26.7 Å². The van der Waals surface area contributed by atoms with Gasteiger partial charge in [-0.05, 0) is 11.6 Å². The average Bonchev–Trinajstić information content (AvgIpc) is 2.92. The minimum atomic E-state index is 0.0263. The van der Waals surface area contributed by atoms with Gasteiger partial charge < -0.3 is 0 Å². The Morgan fingerprint density at radius 3 is 2.55 bits per heavy atom. The van der Waals surface area contributed by atoms with E-state index in [9.17, 15) is 4.79 Å². The molecule has 1 nitrogen and oxygen atoms in total. The Bertz CT molecular complexity index is 645. The maximum atomic E-state index is 12.3. The summed E-state index contributed by atoms with van der Waals surface area (Å²) in [6, 6.07) is 18.0. The highest BCUT2D eigenvalue weighted by molar-refractivity contribution is 7.97. The summed E-state index contributed by atoms with van der Waals surface area (Å²) < 4.78 is 0. The molecule has 2 aromatic rings. The van der Waals surface area contributed by atoms with Crippen molar-refractivity contribution in [1.29, 1.82) is 0 Å². The van der Waals surface area contributed by atoms with Gasteiger partial charge in [-0.25, -0.2) is 0 Å². The molecule has 0 radical (unpaired) electrons. The van der Waals surface area contributed by atoms with Crippen molar-refractivity contribution in [2.75, 3.05) is 12.0 Å². The van der Waals surface area contributed by atoms with Gasteiger partial charge in [0.25, 0.3) is 0 Å². The van der Waals surface area contributed by atoms with Gasteiger partial charge >= 0.3 is 0 Å². The molecule has 3 rings (SSSR count). The van der Waals surface area contributed by atoms with Crippen LogP contribution in [0.4, 0.5) is 0 Å². The molecule has 2 atom stereocenters. The van der Waals surface area contributed by atoms with E-state index in [1.807, 2.05) is 30.3 Å². The predicted octanol–water partition coefficient (Wildman–Crippen LogP) is 3.89. The first-order chi connectivity index (χ1) is 9.75. The van der Waals surface area contributed by atoms with Crippen molar-refractivity contribution in [2.24, 2.45) is 0 Å². The van der Waals surface area contributed by atoms with Crippen molar-refractivity contribution in [3.63, 3.8) is 0 Å². The third-order valence-corrected chi connectivity index (χ3v) is 5.64. The highest BCUT2D eigenvalue weighted by Gasteiger charge is 2.32. The van der Waals surface area contributed by atoms with Gasteiger partial charge in [-0.1, -0.05) is 60.7 Å². The fourth-order valence-corrected chi connectivity index (χ4v) is 4.33. The molecule has 2 aromatic carbocycles. The van der Waals surface area contributed by atoms with E-state index in [2.05, 4.69) is 42.7 Å². The molecule has 2 heteroatoms. The van der Waals surface area contributed by atoms with Gasteiger partial charge in [0.1, 0.15) is 0 Å². The lowest BCUT2D eigenvalue weighted by molar-refractivity contribution is 0.102. The Balaban J connectivity index is 1.74. The van der Waals surface area contributed by atoms with Crippen LogP contribution in [0.15, 0.2) is 60.7 Å². The minimum absolute atomic E-state index is 0.0263. The molecule has 0 aliphatic heterocycles. The summed E-state index contributed by atoms with van der Waals surface area (Å²) in [4.78, 5) is 12.3. The molecular formula is C18H17OS+. The van der Waals surface area contributed by atoms with Gasteiger partial charge in [0.2, 0.25) is 5.78 Å². The summed E-state index contributed by atoms with van der Waals surface area (Å²) in [5, 5.41) is 0.388. The summed E-state index contributed by atoms with van der Waals surface area (Å²) >= 11 is 0. The highest BCUT2D eigenvalue weighted by Crippen LogP contribution is 2.34. The molecule has 0 saturated heterocycles. The molecule has 0 amide bonds. The number of fused-ring (bicyclic) bond motifs is 1. The zero-order valence-electron chi connectivity index (χ0n) is 11.5. The third-order valence-electron chi connectivity index (χ3n) is 3.64. The first-order valence-corrected chi connectivity index (χ1v) is 8.59. The van der Waals surface area contributed by atoms with Crippen LogP contribution in [0.25, 0.3) is 6.08 Å². The van der Waals surface area contributed by atoms with Crippen molar-refractivity contribution in [2.45, 2.75) is 5.25 Å². The fourth-order valence-electron chi connectivity index (χ4n) is 2.57. The fraction of sp³-hybridized carbons (Fsp3) is 0.167. The summed E-state index contributed by atoms with van der Waals surface area (Å²) in [5.41, 5.74) is 3.48. The molecule has 0 saturated carbocycles. The van der Waals surface area contributed by atoms with Crippen LogP contribution in [0, 0.1) is 0 Å². The SMILES string of the molecule is C[S+](CC(=O)c1ccccc1)C1C=Cc2ccccc21. The van der Waals surface area contributed by atoms with E-state index in [0.717, 1.165) is 5.56 Å². The van der Waals surface area contributed by atoms with E-state index < -0.39 is 0 Å². The predicted molar refractivity (Wildman–Crippen MR) is 87.1 cm³/mol. The Hall–Kier alpha value is -1.80. The molecule has 0 aromatic heterocycles. The normalized spacial score (nSPS) is 17.8. The monoisotopic (exact) mass is 281 g/mol. The molecule has 2 unspecified atom stereocenters. The number of hydrogen-bond donors (Lipinski definition) is 0. The molecule has 1 aliphatic rings. The van der Waals surface area contributed by atoms with Crippen LogP contribution in [-0.4, -0.2) is 17.8 Å². The Morgan fingerprint density at radius 1 is 1.05 bits per heavy atom. The third kappa shape index (κ3) is 2.56. The van der Waals surface area contributed by atoms with Gasteiger partial charge in [-0.2, -0.15) is 0 Å². The molecule has 1 aliphatic carbocycles. The van der Waals surface area contributed by atoms with Crippen molar-refractivity contribution >= 4 is 22.8 Å². The molecule has 20 heavy (non-hydrogen) atoms. The largest absolute Gasteiger partial charge is 0.289 e. The molecule has 0 heterocycles. The van der Waals surface area contributed by atoms with Crippen molar-refractivity contribution in [1.82, 2.24) is 0 Å². The lowest BCUT2D eigenvalue weighted by Crippen LogP contribution is -2.20. The minimum Gasteiger partial charge on any atom is -0.289 e. The molecule has 0 N–H and O–H groups in total. The Kier molecular flexibility index (Phi) is 3.75. The van der Waals surface area contributed by atoms with Crippen LogP contribution in [-0.2, 0) is 10.9 Å². The zero-order valence-corrected chi connectivity index (χ0v) is 12.3. The van der Waals surface area contributed by atoms with Gasteiger partial charge in [-0.3, -0.25) is 4.79 Å².